The van der Waals surface area contributed by atoms with Crippen LogP contribution in [0.5, 0.6) is 0 Å². The van der Waals surface area contributed by atoms with Crippen LogP contribution in [0.3, 0.4) is 0 Å². The lowest BCUT2D eigenvalue weighted by molar-refractivity contribution is -0.124. The summed E-state index contributed by atoms with van der Waals surface area (Å²) in [5.74, 6) is -0.357. The van der Waals surface area contributed by atoms with Crippen LogP contribution in [0.1, 0.15) is 53.4 Å². The third kappa shape index (κ3) is 14.3. The van der Waals surface area contributed by atoms with Crippen molar-refractivity contribution in [3.05, 3.63) is 12.2 Å². The number of carboxylic acid groups (broad SMARTS) is 2. The molecule has 10 heteroatoms. The second-order valence-electron chi connectivity index (χ2n) is 7.89. The van der Waals surface area contributed by atoms with Gasteiger partial charge in [-0.15, -0.1) is 0 Å². The maximum Gasteiger partial charge on any atom is 0.405 e. The summed E-state index contributed by atoms with van der Waals surface area (Å²) >= 11 is 0. The fourth-order valence-corrected chi connectivity index (χ4v) is 2.74. The largest absolute Gasteiger partial charge is 0.465 e. The van der Waals surface area contributed by atoms with Gasteiger partial charge in [0.15, 0.2) is 0 Å². The van der Waals surface area contributed by atoms with E-state index in [9.17, 15) is 19.2 Å². The van der Waals surface area contributed by atoms with Gasteiger partial charge in [-0.3, -0.25) is 9.59 Å². The Kier molecular flexibility index (Phi) is 13.7. The summed E-state index contributed by atoms with van der Waals surface area (Å²) in [6, 6.07) is -1.56. The van der Waals surface area contributed by atoms with Gasteiger partial charge in [-0.2, -0.15) is 0 Å². The summed E-state index contributed by atoms with van der Waals surface area (Å²) in [5.41, 5.74) is 0. The SMILES string of the molecule is CC(C)C[C@H](NC(=O)O)C(=O)NCCC=CCCNC(=O)[C@H](CC(C)C)NC(=O)O. The molecule has 0 unspecified atom stereocenters. The molecule has 2 atom stereocenters. The number of rotatable bonds is 14. The van der Waals surface area contributed by atoms with Gasteiger partial charge in [0, 0.05) is 13.1 Å². The fourth-order valence-electron chi connectivity index (χ4n) is 2.74. The first-order chi connectivity index (χ1) is 14.0. The Bertz CT molecular complexity index is 542. The molecule has 0 spiro atoms. The molecule has 0 fully saturated rings. The zero-order valence-corrected chi connectivity index (χ0v) is 18.2. The van der Waals surface area contributed by atoms with E-state index in [-0.39, 0.29) is 23.7 Å². The highest BCUT2D eigenvalue weighted by Gasteiger charge is 2.22. The van der Waals surface area contributed by atoms with Gasteiger partial charge in [-0.25, -0.2) is 9.59 Å². The molecule has 0 heterocycles. The Hall–Kier alpha value is -2.78. The maximum atomic E-state index is 12.1. The summed E-state index contributed by atoms with van der Waals surface area (Å²) in [7, 11) is 0. The zero-order chi connectivity index (χ0) is 23.1. The van der Waals surface area contributed by atoms with Crippen LogP contribution < -0.4 is 21.3 Å². The molecular formula is C20H36N4O6. The number of hydrogen-bond donors (Lipinski definition) is 6. The monoisotopic (exact) mass is 428 g/mol. The predicted octanol–water partition coefficient (Wildman–Crippen LogP) is 1.92. The minimum absolute atomic E-state index is 0.175. The molecule has 0 saturated heterocycles. The summed E-state index contributed by atoms with van der Waals surface area (Å²) in [5, 5.41) is 27.5. The third-order valence-corrected chi connectivity index (χ3v) is 4.03. The first-order valence-electron chi connectivity index (χ1n) is 10.2. The number of nitrogens with one attached hydrogen (secondary N) is 4. The summed E-state index contributed by atoms with van der Waals surface area (Å²) in [6.45, 7) is 8.39. The topological polar surface area (TPSA) is 157 Å². The van der Waals surface area contributed by atoms with Gasteiger partial charge in [0.1, 0.15) is 12.1 Å². The van der Waals surface area contributed by atoms with Gasteiger partial charge in [0.25, 0.3) is 0 Å². The number of hydrogen-bond acceptors (Lipinski definition) is 4. The molecule has 0 aliphatic carbocycles. The highest BCUT2D eigenvalue weighted by atomic mass is 16.4. The van der Waals surface area contributed by atoms with Crippen molar-refractivity contribution in [3.63, 3.8) is 0 Å². The number of carbonyl (C=O) groups excluding carboxylic acids is 2. The molecule has 0 aromatic rings. The molecule has 0 aliphatic heterocycles. The Morgan fingerprint density at radius 2 is 1.03 bits per heavy atom. The zero-order valence-electron chi connectivity index (χ0n) is 18.2. The standard InChI is InChI=1S/C20H36N4O6/c1-13(2)11-15(23-19(27)28)17(25)21-9-7-5-6-8-10-22-18(26)16(12-14(3)4)24-20(29)30/h5-6,13-16,23-24H,7-12H2,1-4H3,(H,21,25)(H,22,26)(H,27,28)(H,29,30)/t15-,16-/m0/s1. The lowest BCUT2D eigenvalue weighted by Crippen LogP contribution is -2.47. The van der Waals surface area contributed by atoms with E-state index in [0.717, 1.165) is 0 Å². The van der Waals surface area contributed by atoms with E-state index in [0.29, 0.717) is 38.8 Å². The van der Waals surface area contributed by atoms with Crippen molar-refractivity contribution in [2.45, 2.75) is 65.5 Å². The molecule has 0 radical (unpaired) electrons. The molecule has 0 rings (SSSR count). The van der Waals surface area contributed by atoms with Gasteiger partial charge in [0.2, 0.25) is 11.8 Å². The summed E-state index contributed by atoms with van der Waals surface area (Å²) in [6.07, 6.45) is 3.23. The van der Waals surface area contributed by atoms with Crippen LogP contribution in [0, 0.1) is 11.8 Å². The lowest BCUT2D eigenvalue weighted by Gasteiger charge is -2.18. The Morgan fingerprint density at radius 1 is 0.700 bits per heavy atom. The molecule has 0 aromatic heterocycles. The summed E-state index contributed by atoms with van der Waals surface area (Å²) in [4.78, 5) is 45.8. The van der Waals surface area contributed by atoms with Crippen molar-refractivity contribution in [3.8, 4) is 0 Å². The van der Waals surface area contributed by atoms with Crippen LogP contribution in [0.2, 0.25) is 0 Å². The highest BCUT2D eigenvalue weighted by molar-refractivity contribution is 5.85. The molecule has 30 heavy (non-hydrogen) atoms. The van der Waals surface area contributed by atoms with Crippen LogP contribution in [0.15, 0.2) is 12.2 Å². The van der Waals surface area contributed by atoms with Crippen molar-refractivity contribution in [1.82, 2.24) is 21.3 Å². The number of carbonyl (C=O) groups is 4. The van der Waals surface area contributed by atoms with E-state index in [1.165, 1.54) is 0 Å². The van der Waals surface area contributed by atoms with Gasteiger partial charge < -0.3 is 31.5 Å². The molecule has 0 aliphatic rings. The Morgan fingerprint density at radius 3 is 1.30 bits per heavy atom. The van der Waals surface area contributed by atoms with Crippen LogP contribution in [0.4, 0.5) is 9.59 Å². The molecule has 0 aromatic carbocycles. The molecule has 0 bridgehead atoms. The van der Waals surface area contributed by atoms with E-state index >= 15 is 0 Å². The van der Waals surface area contributed by atoms with Crippen molar-refractivity contribution >= 4 is 24.0 Å². The van der Waals surface area contributed by atoms with Crippen molar-refractivity contribution in [1.29, 1.82) is 0 Å². The molecule has 6 N–H and O–H groups in total. The van der Waals surface area contributed by atoms with Gasteiger partial charge in [0.05, 0.1) is 0 Å². The Labute approximate surface area is 177 Å². The second-order valence-corrected chi connectivity index (χ2v) is 7.89. The van der Waals surface area contributed by atoms with E-state index in [2.05, 4.69) is 21.3 Å². The van der Waals surface area contributed by atoms with Gasteiger partial charge in [-0.05, 0) is 37.5 Å². The van der Waals surface area contributed by atoms with Crippen LogP contribution in [-0.2, 0) is 9.59 Å². The van der Waals surface area contributed by atoms with Crippen molar-refractivity contribution < 1.29 is 29.4 Å². The minimum atomic E-state index is -1.23. The summed E-state index contributed by atoms with van der Waals surface area (Å²) < 4.78 is 0. The average Bonchev–Trinajstić information content (AvgIpc) is 2.60. The second kappa shape index (κ2) is 15.1. The Balaban J connectivity index is 4.17. The molecular weight excluding hydrogens is 392 g/mol. The average molecular weight is 429 g/mol. The number of amides is 4. The van der Waals surface area contributed by atoms with E-state index in [1.54, 1.807) is 0 Å². The quantitative estimate of drug-likeness (QED) is 0.183. The van der Waals surface area contributed by atoms with Gasteiger partial charge in [-0.1, -0.05) is 39.8 Å². The molecule has 10 nitrogen and oxygen atoms in total. The van der Waals surface area contributed by atoms with Gasteiger partial charge >= 0.3 is 12.2 Å². The fraction of sp³-hybridized carbons (Fsp3) is 0.700. The van der Waals surface area contributed by atoms with Crippen molar-refractivity contribution in [2.75, 3.05) is 13.1 Å². The smallest absolute Gasteiger partial charge is 0.405 e. The first-order valence-corrected chi connectivity index (χ1v) is 10.2. The van der Waals surface area contributed by atoms with Crippen LogP contribution in [-0.4, -0.2) is 59.4 Å². The normalized spacial score (nSPS) is 13.1. The van der Waals surface area contributed by atoms with Crippen molar-refractivity contribution in [2.24, 2.45) is 11.8 Å². The minimum Gasteiger partial charge on any atom is -0.465 e. The first kappa shape index (κ1) is 27.2. The molecule has 0 saturated carbocycles. The van der Waals surface area contributed by atoms with E-state index < -0.39 is 24.3 Å². The van der Waals surface area contributed by atoms with Crippen LogP contribution >= 0.6 is 0 Å². The molecule has 172 valence electrons. The van der Waals surface area contributed by atoms with Crippen LogP contribution in [0.25, 0.3) is 0 Å². The lowest BCUT2D eigenvalue weighted by atomic mass is 10.0. The highest BCUT2D eigenvalue weighted by Crippen LogP contribution is 2.06. The predicted molar refractivity (Wildman–Crippen MR) is 113 cm³/mol. The molecule has 4 amide bonds. The van der Waals surface area contributed by atoms with E-state index in [1.807, 2.05) is 39.8 Å². The third-order valence-electron chi connectivity index (χ3n) is 4.03. The maximum absolute atomic E-state index is 12.1. The van der Waals surface area contributed by atoms with E-state index in [4.69, 9.17) is 10.2 Å².